The van der Waals surface area contributed by atoms with Crippen molar-refractivity contribution >= 4 is 27.4 Å². The summed E-state index contributed by atoms with van der Waals surface area (Å²) in [6.45, 7) is 7.30. The fraction of sp³-hybridized carbons (Fsp3) is 0.647. The van der Waals surface area contributed by atoms with Crippen LogP contribution in [-0.2, 0) is 4.74 Å². The lowest BCUT2D eigenvalue weighted by atomic mass is 9.90. The topological polar surface area (TPSA) is 38.2 Å². The van der Waals surface area contributed by atoms with Gasteiger partial charge in [0.05, 0.1) is 11.5 Å². The molecule has 0 saturated carbocycles. The molecule has 0 aromatic carbocycles. The first-order chi connectivity index (χ1) is 10.7. The zero-order valence-electron chi connectivity index (χ0n) is 13.3. The Morgan fingerprint density at radius 3 is 2.73 bits per heavy atom. The molecule has 1 atom stereocenters. The van der Waals surface area contributed by atoms with Gasteiger partial charge in [-0.2, -0.15) is 0 Å². The number of aromatic nitrogens is 2. The van der Waals surface area contributed by atoms with E-state index < -0.39 is 0 Å². The van der Waals surface area contributed by atoms with Crippen molar-refractivity contribution < 1.29 is 4.74 Å². The lowest BCUT2D eigenvalue weighted by Gasteiger charge is -2.35. The SMILES string of the molecule is Cc1nc(N2CCC(C3CCCO3)CC2)c2c(C)csc2n1. The van der Waals surface area contributed by atoms with Crippen LogP contribution in [0.2, 0.25) is 0 Å². The van der Waals surface area contributed by atoms with Gasteiger partial charge in [-0.05, 0) is 56.4 Å². The van der Waals surface area contributed by atoms with Crippen molar-refractivity contribution in [3.8, 4) is 0 Å². The van der Waals surface area contributed by atoms with Crippen LogP contribution in [0.15, 0.2) is 5.38 Å². The van der Waals surface area contributed by atoms with Crippen molar-refractivity contribution in [2.75, 3.05) is 24.6 Å². The lowest BCUT2D eigenvalue weighted by molar-refractivity contribution is 0.0531. The number of thiophene rings is 1. The molecule has 2 aromatic heterocycles. The molecule has 4 rings (SSSR count). The van der Waals surface area contributed by atoms with Crippen molar-refractivity contribution in [1.29, 1.82) is 0 Å². The molecule has 2 fully saturated rings. The number of nitrogens with zero attached hydrogens (tertiary/aromatic N) is 3. The number of hydrogen-bond donors (Lipinski definition) is 0. The van der Waals surface area contributed by atoms with Gasteiger partial charge in [-0.3, -0.25) is 0 Å². The summed E-state index contributed by atoms with van der Waals surface area (Å²) < 4.78 is 5.89. The summed E-state index contributed by atoms with van der Waals surface area (Å²) in [7, 11) is 0. The highest BCUT2D eigenvalue weighted by molar-refractivity contribution is 7.17. The summed E-state index contributed by atoms with van der Waals surface area (Å²) in [5.74, 6) is 2.76. The van der Waals surface area contributed by atoms with Crippen LogP contribution in [0.3, 0.4) is 0 Å². The minimum atomic E-state index is 0.511. The summed E-state index contributed by atoms with van der Waals surface area (Å²) in [5.41, 5.74) is 1.30. The van der Waals surface area contributed by atoms with Gasteiger partial charge in [0.2, 0.25) is 0 Å². The van der Waals surface area contributed by atoms with E-state index in [9.17, 15) is 0 Å². The van der Waals surface area contributed by atoms with Crippen molar-refractivity contribution in [3.05, 3.63) is 16.8 Å². The van der Waals surface area contributed by atoms with Gasteiger partial charge in [0.15, 0.2) is 0 Å². The number of piperidine rings is 1. The largest absolute Gasteiger partial charge is 0.378 e. The van der Waals surface area contributed by atoms with Crippen LogP contribution in [0, 0.1) is 19.8 Å². The fourth-order valence-corrected chi connectivity index (χ4v) is 4.81. The molecule has 1 unspecified atom stereocenters. The van der Waals surface area contributed by atoms with Crippen molar-refractivity contribution in [1.82, 2.24) is 9.97 Å². The van der Waals surface area contributed by atoms with E-state index in [0.29, 0.717) is 6.10 Å². The van der Waals surface area contributed by atoms with Gasteiger partial charge < -0.3 is 9.64 Å². The number of fused-ring (bicyclic) bond motifs is 1. The molecule has 0 bridgehead atoms. The van der Waals surface area contributed by atoms with Gasteiger partial charge >= 0.3 is 0 Å². The number of aryl methyl sites for hydroxylation is 2. The van der Waals surface area contributed by atoms with E-state index in [1.807, 2.05) is 6.92 Å². The molecule has 2 aliphatic heterocycles. The smallest absolute Gasteiger partial charge is 0.141 e. The molecule has 0 spiro atoms. The molecule has 2 aromatic rings. The quantitative estimate of drug-likeness (QED) is 0.846. The minimum absolute atomic E-state index is 0.511. The van der Waals surface area contributed by atoms with Crippen molar-refractivity contribution in [2.45, 2.75) is 45.6 Å². The van der Waals surface area contributed by atoms with Crippen LogP contribution in [0.25, 0.3) is 10.2 Å². The first-order valence-corrected chi connectivity index (χ1v) is 9.19. The highest BCUT2D eigenvalue weighted by Crippen LogP contribution is 2.35. The molecule has 22 heavy (non-hydrogen) atoms. The van der Waals surface area contributed by atoms with E-state index in [1.54, 1.807) is 11.3 Å². The Morgan fingerprint density at radius 1 is 1.18 bits per heavy atom. The van der Waals surface area contributed by atoms with E-state index in [-0.39, 0.29) is 0 Å². The van der Waals surface area contributed by atoms with E-state index in [2.05, 4.69) is 22.2 Å². The fourth-order valence-electron chi connectivity index (χ4n) is 3.85. The van der Waals surface area contributed by atoms with Gasteiger partial charge in [0.1, 0.15) is 16.5 Å². The van der Waals surface area contributed by atoms with Gasteiger partial charge in [-0.25, -0.2) is 9.97 Å². The Bertz CT molecular complexity index is 670. The molecule has 4 nitrogen and oxygen atoms in total. The minimum Gasteiger partial charge on any atom is -0.378 e. The summed E-state index contributed by atoms with van der Waals surface area (Å²) in [6.07, 6.45) is 5.45. The Labute approximate surface area is 135 Å². The average molecular weight is 317 g/mol. The molecule has 5 heteroatoms. The standard InChI is InChI=1S/C17H23N3OS/c1-11-10-22-17-15(11)16(18-12(2)19-17)20-7-5-13(6-8-20)14-4-3-9-21-14/h10,13-14H,3-9H2,1-2H3. The summed E-state index contributed by atoms with van der Waals surface area (Å²) in [6, 6.07) is 0. The number of rotatable bonds is 2. The molecule has 4 heterocycles. The van der Waals surface area contributed by atoms with Crippen molar-refractivity contribution in [3.63, 3.8) is 0 Å². The molecule has 2 saturated heterocycles. The first-order valence-electron chi connectivity index (χ1n) is 8.31. The maximum atomic E-state index is 5.89. The van der Waals surface area contributed by atoms with Gasteiger partial charge in [-0.1, -0.05) is 0 Å². The normalized spacial score (nSPS) is 23.5. The van der Waals surface area contributed by atoms with Crippen LogP contribution in [0.4, 0.5) is 5.82 Å². The van der Waals surface area contributed by atoms with E-state index in [4.69, 9.17) is 9.72 Å². The second-order valence-electron chi connectivity index (χ2n) is 6.57. The van der Waals surface area contributed by atoms with E-state index in [0.717, 1.165) is 42.1 Å². The van der Waals surface area contributed by atoms with Gasteiger partial charge in [0, 0.05) is 19.7 Å². The van der Waals surface area contributed by atoms with Crippen LogP contribution in [0.1, 0.15) is 37.1 Å². The average Bonchev–Trinajstić information content (AvgIpc) is 3.17. The van der Waals surface area contributed by atoms with Gasteiger partial charge in [0.25, 0.3) is 0 Å². The maximum absolute atomic E-state index is 5.89. The van der Waals surface area contributed by atoms with E-state index >= 15 is 0 Å². The molecule has 0 aliphatic carbocycles. The van der Waals surface area contributed by atoms with Crippen molar-refractivity contribution in [2.24, 2.45) is 5.92 Å². The molecule has 0 radical (unpaired) electrons. The summed E-state index contributed by atoms with van der Waals surface area (Å²) >= 11 is 1.73. The number of ether oxygens (including phenoxy) is 1. The van der Waals surface area contributed by atoms with Crippen LogP contribution in [-0.4, -0.2) is 35.8 Å². The monoisotopic (exact) mass is 317 g/mol. The highest BCUT2D eigenvalue weighted by atomic mass is 32.1. The van der Waals surface area contributed by atoms with Crippen LogP contribution >= 0.6 is 11.3 Å². The maximum Gasteiger partial charge on any atom is 0.141 e. The molecule has 2 aliphatic rings. The zero-order chi connectivity index (χ0) is 15.1. The van der Waals surface area contributed by atoms with Crippen LogP contribution < -0.4 is 4.90 Å². The summed E-state index contributed by atoms with van der Waals surface area (Å²) in [4.78, 5) is 12.9. The molecule has 0 N–H and O–H groups in total. The Hall–Kier alpha value is -1.20. The molecular formula is C17H23N3OS. The Kier molecular flexibility index (Phi) is 3.78. The number of anilines is 1. The Morgan fingerprint density at radius 2 is 2.00 bits per heavy atom. The zero-order valence-corrected chi connectivity index (χ0v) is 14.2. The summed E-state index contributed by atoms with van der Waals surface area (Å²) in [5, 5.41) is 3.45. The highest BCUT2D eigenvalue weighted by Gasteiger charge is 2.30. The lowest BCUT2D eigenvalue weighted by Crippen LogP contribution is -2.38. The van der Waals surface area contributed by atoms with Gasteiger partial charge in [-0.15, -0.1) is 11.3 Å². The second kappa shape index (κ2) is 5.78. The molecule has 0 amide bonds. The predicted octanol–water partition coefficient (Wildman–Crippen LogP) is 3.70. The molecule has 118 valence electrons. The molecular weight excluding hydrogens is 294 g/mol. The second-order valence-corrected chi connectivity index (χ2v) is 7.43. The van der Waals surface area contributed by atoms with Crippen LogP contribution in [0.5, 0.6) is 0 Å². The third kappa shape index (κ3) is 2.50. The third-order valence-corrected chi connectivity index (χ3v) is 6.03. The number of hydrogen-bond acceptors (Lipinski definition) is 5. The predicted molar refractivity (Wildman–Crippen MR) is 90.8 cm³/mol. The first kappa shape index (κ1) is 14.4. The van der Waals surface area contributed by atoms with E-state index in [1.165, 1.54) is 36.6 Å². The Balaban J connectivity index is 1.57. The third-order valence-electron chi connectivity index (χ3n) is 5.04.